The van der Waals surface area contributed by atoms with E-state index in [0.29, 0.717) is 11.6 Å². The molecule has 0 bridgehead atoms. The molecule has 0 aromatic carbocycles. The predicted octanol–water partition coefficient (Wildman–Crippen LogP) is 0.206. The van der Waals surface area contributed by atoms with E-state index in [4.69, 9.17) is 9.47 Å². The maximum Gasteiger partial charge on any atom is 0.274 e. The highest BCUT2D eigenvalue weighted by Crippen LogP contribution is 2.42. The third-order valence-electron chi connectivity index (χ3n) is 5.45. The van der Waals surface area contributed by atoms with Gasteiger partial charge in [-0.25, -0.2) is 4.98 Å². The molecule has 3 saturated heterocycles. The fourth-order valence-corrected chi connectivity index (χ4v) is 4.08. The van der Waals surface area contributed by atoms with E-state index in [-0.39, 0.29) is 11.3 Å². The Morgan fingerprint density at radius 1 is 1.29 bits per heavy atom. The van der Waals surface area contributed by atoms with Gasteiger partial charge in [-0.1, -0.05) is 0 Å². The van der Waals surface area contributed by atoms with Crippen molar-refractivity contribution in [3.63, 3.8) is 0 Å². The molecule has 130 valence electrons. The maximum absolute atomic E-state index is 12.8. The molecular formula is C17H24N4O3. The molecule has 0 radical (unpaired) electrons. The third-order valence-corrected chi connectivity index (χ3v) is 5.45. The number of aryl methyl sites for hydroxylation is 1. The monoisotopic (exact) mass is 332 g/mol. The smallest absolute Gasteiger partial charge is 0.274 e. The molecule has 0 unspecified atom stereocenters. The summed E-state index contributed by atoms with van der Waals surface area (Å²) in [5.41, 5.74) is 1.30. The maximum atomic E-state index is 12.8. The topological polar surface area (TPSA) is 67.8 Å². The number of carbonyl (C=O) groups is 1. The third kappa shape index (κ3) is 2.92. The van der Waals surface area contributed by atoms with Gasteiger partial charge in [-0.15, -0.1) is 0 Å². The van der Waals surface area contributed by atoms with Crippen LogP contribution in [0.25, 0.3) is 0 Å². The first-order valence-electron chi connectivity index (χ1n) is 8.62. The van der Waals surface area contributed by atoms with Crippen LogP contribution in [0.4, 0.5) is 0 Å². The molecule has 3 aliphatic rings. The first-order chi connectivity index (χ1) is 11.7. The fraction of sp³-hybridized carbons (Fsp3) is 0.706. The van der Waals surface area contributed by atoms with Gasteiger partial charge in [0.15, 0.2) is 0 Å². The zero-order valence-electron chi connectivity index (χ0n) is 14.1. The molecule has 3 aliphatic heterocycles. The Hall–Kier alpha value is -1.57. The van der Waals surface area contributed by atoms with Gasteiger partial charge in [-0.05, 0) is 6.92 Å². The molecule has 4 heterocycles. The first-order valence-corrected chi connectivity index (χ1v) is 8.62. The largest absolute Gasteiger partial charge is 0.380 e. The van der Waals surface area contributed by atoms with Crippen molar-refractivity contribution in [1.82, 2.24) is 19.8 Å². The van der Waals surface area contributed by atoms with Crippen LogP contribution in [0.2, 0.25) is 0 Å². The molecule has 0 saturated carbocycles. The number of fused-ring (bicyclic) bond motifs is 1. The van der Waals surface area contributed by atoms with Crippen molar-refractivity contribution in [2.24, 2.45) is 11.3 Å². The van der Waals surface area contributed by atoms with Gasteiger partial charge >= 0.3 is 0 Å². The standard InChI is InChI=1S/C17H24N4O3/c1-13-6-19-15(7-18-13)16(22)21-8-14-9-24-12-17(14,11-21)10-20-2-4-23-5-3-20/h6-7,14H,2-5,8-12H2,1H3/t14-,17+/m1/s1. The van der Waals surface area contributed by atoms with E-state index in [9.17, 15) is 4.79 Å². The van der Waals surface area contributed by atoms with Crippen LogP contribution in [0.15, 0.2) is 12.4 Å². The second-order valence-corrected chi connectivity index (χ2v) is 7.19. The number of rotatable bonds is 3. The van der Waals surface area contributed by atoms with Crippen LogP contribution in [0.3, 0.4) is 0 Å². The normalized spacial score (nSPS) is 30.5. The lowest BCUT2D eigenvalue weighted by atomic mass is 9.80. The number of carbonyl (C=O) groups excluding carboxylic acids is 1. The van der Waals surface area contributed by atoms with Gasteiger partial charge in [-0.2, -0.15) is 0 Å². The predicted molar refractivity (Wildman–Crippen MR) is 86.7 cm³/mol. The molecule has 0 spiro atoms. The molecule has 24 heavy (non-hydrogen) atoms. The van der Waals surface area contributed by atoms with E-state index in [1.807, 2.05) is 11.8 Å². The number of nitrogens with zero attached hydrogens (tertiary/aromatic N) is 4. The summed E-state index contributed by atoms with van der Waals surface area (Å²) in [5.74, 6) is 0.390. The zero-order chi connectivity index (χ0) is 16.6. The van der Waals surface area contributed by atoms with Gasteiger partial charge in [0.05, 0.1) is 38.3 Å². The van der Waals surface area contributed by atoms with E-state index < -0.39 is 0 Å². The summed E-state index contributed by atoms with van der Waals surface area (Å²) in [4.78, 5) is 25.6. The number of ether oxygens (including phenoxy) is 2. The Morgan fingerprint density at radius 2 is 2.12 bits per heavy atom. The van der Waals surface area contributed by atoms with Gasteiger partial charge < -0.3 is 14.4 Å². The van der Waals surface area contributed by atoms with E-state index in [1.165, 1.54) is 0 Å². The molecule has 3 fully saturated rings. The van der Waals surface area contributed by atoms with Gasteiger partial charge in [0.25, 0.3) is 5.91 Å². The van der Waals surface area contributed by atoms with E-state index in [1.54, 1.807) is 12.4 Å². The van der Waals surface area contributed by atoms with Crippen molar-refractivity contribution < 1.29 is 14.3 Å². The first kappa shape index (κ1) is 15.9. The highest BCUT2D eigenvalue weighted by atomic mass is 16.5. The van der Waals surface area contributed by atoms with Crippen LogP contribution in [-0.2, 0) is 9.47 Å². The lowest BCUT2D eigenvalue weighted by Crippen LogP contribution is -2.47. The quantitative estimate of drug-likeness (QED) is 0.788. The van der Waals surface area contributed by atoms with Crippen LogP contribution in [0.1, 0.15) is 16.2 Å². The summed E-state index contributed by atoms with van der Waals surface area (Å²) in [6, 6.07) is 0. The Morgan fingerprint density at radius 3 is 2.88 bits per heavy atom. The summed E-state index contributed by atoms with van der Waals surface area (Å²) in [5, 5.41) is 0. The van der Waals surface area contributed by atoms with Gasteiger partial charge in [0.2, 0.25) is 0 Å². The van der Waals surface area contributed by atoms with Crippen LogP contribution in [-0.4, -0.2) is 84.8 Å². The van der Waals surface area contributed by atoms with Crippen LogP contribution < -0.4 is 0 Å². The zero-order valence-corrected chi connectivity index (χ0v) is 14.1. The Bertz CT molecular complexity index is 602. The fourth-order valence-electron chi connectivity index (χ4n) is 4.08. The molecular weight excluding hydrogens is 308 g/mol. The van der Waals surface area contributed by atoms with Crippen molar-refractivity contribution in [2.45, 2.75) is 6.92 Å². The van der Waals surface area contributed by atoms with Gasteiger partial charge in [0, 0.05) is 50.3 Å². The molecule has 4 rings (SSSR count). The Kier molecular flexibility index (Phi) is 4.24. The Labute approximate surface area is 142 Å². The van der Waals surface area contributed by atoms with Crippen molar-refractivity contribution in [3.05, 3.63) is 23.8 Å². The summed E-state index contributed by atoms with van der Waals surface area (Å²) in [6.07, 6.45) is 3.23. The average Bonchev–Trinajstić information content (AvgIpc) is 3.12. The van der Waals surface area contributed by atoms with Crippen LogP contribution in [0.5, 0.6) is 0 Å². The Balaban J connectivity index is 1.48. The summed E-state index contributed by atoms with van der Waals surface area (Å²) >= 11 is 0. The lowest BCUT2D eigenvalue weighted by Gasteiger charge is -2.36. The van der Waals surface area contributed by atoms with E-state index >= 15 is 0 Å². The van der Waals surface area contributed by atoms with Gasteiger partial charge in [-0.3, -0.25) is 14.7 Å². The summed E-state index contributed by atoms with van der Waals surface area (Å²) < 4.78 is 11.2. The lowest BCUT2D eigenvalue weighted by molar-refractivity contribution is 0.0104. The highest BCUT2D eigenvalue weighted by Gasteiger charge is 2.52. The van der Waals surface area contributed by atoms with Crippen molar-refractivity contribution in [3.8, 4) is 0 Å². The number of aromatic nitrogens is 2. The SMILES string of the molecule is Cc1cnc(C(=O)N2C[C@@H]3COC[C@]3(CN3CCOCC3)C2)cn1. The minimum atomic E-state index is -0.0155. The molecule has 1 aromatic rings. The molecule has 0 N–H and O–H groups in total. The second-order valence-electron chi connectivity index (χ2n) is 7.19. The molecule has 1 aromatic heterocycles. The molecule has 7 nitrogen and oxygen atoms in total. The number of amides is 1. The van der Waals surface area contributed by atoms with E-state index in [2.05, 4.69) is 14.9 Å². The number of hydrogen-bond donors (Lipinski definition) is 0. The van der Waals surface area contributed by atoms with Crippen molar-refractivity contribution >= 4 is 5.91 Å². The minimum Gasteiger partial charge on any atom is -0.380 e. The number of hydrogen-bond acceptors (Lipinski definition) is 6. The molecule has 1 amide bonds. The average molecular weight is 332 g/mol. The highest BCUT2D eigenvalue weighted by molar-refractivity contribution is 5.92. The van der Waals surface area contributed by atoms with Crippen LogP contribution in [0, 0.1) is 18.3 Å². The van der Waals surface area contributed by atoms with Crippen LogP contribution >= 0.6 is 0 Å². The summed E-state index contributed by atoms with van der Waals surface area (Å²) in [7, 11) is 0. The second kappa shape index (κ2) is 6.38. The van der Waals surface area contributed by atoms with Crippen molar-refractivity contribution in [1.29, 1.82) is 0 Å². The molecule has 7 heteroatoms. The van der Waals surface area contributed by atoms with E-state index in [0.717, 1.165) is 64.8 Å². The molecule has 0 aliphatic carbocycles. The minimum absolute atomic E-state index is 0.0155. The van der Waals surface area contributed by atoms with Crippen molar-refractivity contribution in [2.75, 3.05) is 59.2 Å². The molecule has 2 atom stereocenters. The number of morpholine rings is 1. The number of likely N-dealkylation sites (tertiary alicyclic amines) is 1. The summed E-state index contributed by atoms with van der Waals surface area (Å²) in [6.45, 7) is 9.33. The van der Waals surface area contributed by atoms with Gasteiger partial charge in [0.1, 0.15) is 5.69 Å².